The van der Waals surface area contributed by atoms with Crippen molar-refractivity contribution in [3.63, 3.8) is 0 Å². The van der Waals surface area contributed by atoms with Gasteiger partial charge >= 0.3 is 0 Å². The number of rotatable bonds is 7. The van der Waals surface area contributed by atoms with Gasteiger partial charge in [0.05, 0.1) is 0 Å². The minimum Gasteiger partial charge on any atom is -0.213 e. The van der Waals surface area contributed by atoms with Crippen LogP contribution in [0.4, 0.5) is 0 Å². The molecule has 1 aromatic heterocycles. The van der Waals surface area contributed by atoms with Crippen molar-refractivity contribution in [2.75, 3.05) is 0 Å². The van der Waals surface area contributed by atoms with Crippen LogP contribution in [0.25, 0.3) is 67.3 Å². The van der Waals surface area contributed by atoms with Gasteiger partial charge in [-0.15, -0.1) is 0 Å². The second-order valence-electron chi connectivity index (χ2n) is 11.5. The fourth-order valence-electron chi connectivity index (χ4n) is 5.66. The Bertz CT molecular complexity index is 2000. The second-order valence-corrected chi connectivity index (χ2v) is 11.5. The highest BCUT2D eigenvalue weighted by Gasteiger charge is 2.18. The molecule has 0 aliphatic heterocycles. The average molecular weight is 580 g/mol. The summed E-state index contributed by atoms with van der Waals surface area (Å²) in [6.45, 7) is 4.27. The van der Waals surface area contributed by atoms with E-state index in [9.17, 15) is 0 Å². The van der Waals surface area contributed by atoms with Crippen LogP contribution in [-0.4, -0.2) is 15.0 Å². The van der Waals surface area contributed by atoms with E-state index in [0.717, 1.165) is 61.5 Å². The molecule has 1 heterocycles. The van der Waals surface area contributed by atoms with E-state index in [1.807, 2.05) is 24.3 Å². The number of nitrogens with zero attached hydrogens (tertiary/aromatic N) is 3. The van der Waals surface area contributed by atoms with E-state index >= 15 is 0 Å². The van der Waals surface area contributed by atoms with Crippen LogP contribution in [-0.2, 0) is 0 Å². The largest absolute Gasteiger partial charge is 0.213 e. The summed E-state index contributed by atoms with van der Waals surface area (Å²) >= 11 is 0. The first kappa shape index (κ1) is 28.1. The zero-order chi connectivity index (χ0) is 30.6. The molecule has 3 nitrogen and oxygen atoms in total. The molecule has 0 saturated carbocycles. The van der Waals surface area contributed by atoms with Crippen molar-refractivity contribution >= 4 is 0 Å². The van der Waals surface area contributed by atoms with Gasteiger partial charge in [-0.3, -0.25) is 0 Å². The summed E-state index contributed by atoms with van der Waals surface area (Å²) in [7, 11) is 0. The third kappa shape index (κ3) is 6.07. The second kappa shape index (κ2) is 12.5. The monoisotopic (exact) mass is 579 g/mol. The maximum Gasteiger partial charge on any atom is 0.164 e. The molecule has 0 radical (unpaired) electrons. The smallest absolute Gasteiger partial charge is 0.164 e. The topological polar surface area (TPSA) is 38.7 Å². The highest BCUT2D eigenvalue weighted by Crippen LogP contribution is 2.37. The Kier molecular flexibility index (Phi) is 7.82. The van der Waals surface area contributed by atoms with Crippen LogP contribution in [0.2, 0.25) is 0 Å². The van der Waals surface area contributed by atoms with E-state index in [1.165, 1.54) is 0 Å². The van der Waals surface area contributed by atoms with Gasteiger partial charge in [0, 0.05) is 17.0 Å². The summed E-state index contributed by atoms with van der Waals surface area (Å²) in [5.41, 5.74) is 11.0. The normalized spacial score (nSPS) is 11.1. The fourth-order valence-corrected chi connectivity index (χ4v) is 5.66. The Balaban J connectivity index is 1.46. The highest BCUT2D eigenvalue weighted by atomic mass is 15.0. The quantitative estimate of drug-likeness (QED) is 0.188. The molecule has 0 amide bonds. The van der Waals surface area contributed by atoms with Gasteiger partial charge in [0.1, 0.15) is 5.82 Å². The van der Waals surface area contributed by atoms with E-state index in [-0.39, 0.29) is 5.92 Å². The first-order valence-electron chi connectivity index (χ1n) is 15.4. The van der Waals surface area contributed by atoms with Crippen molar-refractivity contribution < 1.29 is 0 Å². The van der Waals surface area contributed by atoms with Crippen LogP contribution in [0.5, 0.6) is 0 Å². The molecule has 3 heteroatoms. The summed E-state index contributed by atoms with van der Waals surface area (Å²) < 4.78 is 0. The van der Waals surface area contributed by atoms with Gasteiger partial charge in [0.25, 0.3) is 0 Å². The lowest BCUT2D eigenvalue weighted by molar-refractivity contribution is 0.766. The molecule has 6 aromatic carbocycles. The zero-order valence-electron chi connectivity index (χ0n) is 25.4. The van der Waals surface area contributed by atoms with E-state index in [1.54, 1.807) is 0 Å². The van der Waals surface area contributed by atoms with Crippen molar-refractivity contribution in [1.82, 2.24) is 15.0 Å². The lowest BCUT2D eigenvalue weighted by Crippen LogP contribution is -2.05. The van der Waals surface area contributed by atoms with Gasteiger partial charge in [-0.05, 0) is 68.8 Å². The van der Waals surface area contributed by atoms with Crippen molar-refractivity contribution in [3.05, 3.63) is 164 Å². The predicted molar refractivity (Wildman–Crippen MR) is 187 cm³/mol. The predicted octanol–water partition coefficient (Wildman–Crippen LogP) is 11.0. The van der Waals surface area contributed by atoms with Gasteiger partial charge in [-0.1, -0.05) is 147 Å². The molecule has 0 aliphatic rings. The van der Waals surface area contributed by atoms with Crippen LogP contribution < -0.4 is 0 Å². The first-order chi connectivity index (χ1) is 22.1. The van der Waals surface area contributed by atoms with E-state index in [4.69, 9.17) is 15.0 Å². The first-order valence-corrected chi connectivity index (χ1v) is 15.4. The molecule has 0 unspecified atom stereocenters. The third-order valence-corrected chi connectivity index (χ3v) is 8.03. The Morgan fingerprint density at radius 1 is 0.333 bits per heavy atom. The van der Waals surface area contributed by atoms with Crippen LogP contribution in [0.1, 0.15) is 25.6 Å². The molecule has 0 saturated heterocycles. The Hall–Kier alpha value is -5.67. The van der Waals surface area contributed by atoms with Crippen LogP contribution >= 0.6 is 0 Å². The summed E-state index contributed by atoms with van der Waals surface area (Å²) in [6, 6.07) is 55.2. The highest BCUT2D eigenvalue weighted by molar-refractivity contribution is 5.86. The van der Waals surface area contributed by atoms with E-state index < -0.39 is 0 Å². The lowest BCUT2D eigenvalue weighted by atomic mass is 9.94. The Labute approximate surface area is 265 Å². The molecule has 0 bridgehead atoms. The standard InChI is InChI=1S/C42H33N3/c1-29(2)40-43-41(37-26-35(31-17-9-4-10-18-31)25-36(27-37)32-19-11-5-12-20-32)45-42(44-40)39-28-34(30-15-7-3-8-16-30)23-24-38(39)33-21-13-6-14-22-33/h3-29H,1-2H3. The molecule has 7 rings (SSSR count). The van der Waals surface area contributed by atoms with Gasteiger partial charge in [0.15, 0.2) is 11.6 Å². The van der Waals surface area contributed by atoms with Crippen LogP contribution in [0.3, 0.4) is 0 Å². The van der Waals surface area contributed by atoms with Crippen LogP contribution in [0, 0.1) is 0 Å². The molecular weight excluding hydrogens is 546 g/mol. The molecule has 7 aromatic rings. The number of hydrogen-bond donors (Lipinski definition) is 0. The van der Waals surface area contributed by atoms with Crippen molar-refractivity contribution in [3.8, 4) is 67.3 Å². The molecule has 0 N–H and O–H groups in total. The lowest BCUT2D eigenvalue weighted by Gasteiger charge is -2.16. The van der Waals surface area contributed by atoms with E-state index in [2.05, 4.69) is 147 Å². The third-order valence-electron chi connectivity index (χ3n) is 8.03. The van der Waals surface area contributed by atoms with E-state index in [0.29, 0.717) is 11.6 Å². The minimum absolute atomic E-state index is 0.119. The van der Waals surface area contributed by atoms with Crippen molar-refractivity contribution in [2.45, 2.75) is 19.8 Å². The van der Waals surface area contributed by atoms with Gasteiger partial charge in [-0.25, -0.2) is 15.0 Å². The molecule has 0 fully saturated rings. The van der Waals surface area contributed by atoms with Gasteiger partial charge in [-0.2, -0.15) is 0 Å². The molecule has 0 atom stereocenters. The maximum atomic E-state index is 5.22. The Morgan fingerprint density at radius 2 is 0.778 bits per heavy atom. The van der Waals surface area contributed by atoms with Crippen molar-refractivity contribution in [1.29, 1.82) is 0 Å². The molecule has 0 spiro atoms. The number of aromatic nitrogens is 3. The molecular formula is C42H33N3. The zero-order valence-corrected chi connectivity index (χ0v) is 25.4. The fraction of sp³-hybridized carbons (Fsp3) is 0.0714. The van der Waals surface area contributed by atoms with Gasteiger partial charge < -0.3 is 0 Å². The number of benzene rings is 6. The summed E-state index contributed by atoms with van der Waals surface area (Å²) in [6.07, 6.45) is 0. The average Bonchev–Trinajstić information content (AvgIpc) is 3.12. The molecule has 0 aliphatic carbocycles. The molecule has 216 valence electrons. The van der Waals surface area contributed by atoms with Crippen LogP contribution in [0.15, 0.2) is 158 Å². The van der Waals surface area contributed by atoms with Gasteiger partial charge in [0.2, 0.25) is 0 Å². The number of hydrogen-bond acceptors (Lipinski definition) is 3. The minimum atomic E-state index is 0.119. The summed E-state index contributed by atoms with van der Waals surface area (Å²) in [5.74, 6) is 2.23. The SMILES string of the molecule is CC(C)c1nc(-c2cc(-c3ccccc3)cc(-c3ccccc3)c2)nc(-c2cc(-c3ccccc3)ccc2-c2ccccc2)n1. The molecule has 45 heavy (non-hydrogen) atoms. The maximum absolute atomic E-state index is 5.22. The summed E-state index contributed by atoms with van der Waals surface area (Å²) in [4.78, 5) is 15.4. The van der Waals surface area contributed by atoms with Crippen molar-refractivity contribution in [2.24, 2.45) is 0 Å². The Morgan fingerprint density at radius 3 is 1.29 bits per heavy atom. The summed E-state index contributed by atoms with van der Waals surface area (Å²) in [5, 5.41) is 0.